The number of carbonyl (C=O) groups is 1. The summed E-state index contributed by atoms with van der Waals surface area (Å²) in [5.74, 6) is 0.405. The third-order valence-electron chi connectivity index (χ3n) is 5.17. The fourth-order valence-corrected chi connectivity index (χ4v) is 3.73. The minimum Gasteiger partial charge on any atom is -0.338 e. The Morgan fingerprint density at radius 3 is 2.65 bits per heavy atom. The van der Waals surface area contributed by atoms with Crippen LogP contribution < -0.4 is 0 Å². The van der Waals surface area contributed by atoms with Gasteiger partial charge in [0.1, 0.15) is 0 Å². The van der Waals surface area contributed by atoms with E-state index in [2.05, 4.69) is 41.4 Å². The summed E-state index contributed by atoms with van der Waals surface area (Å²) in [5, 5.41) is 7.50. The number of piperidine rings is 1. The van der Waals surface area contributed by atoms with Gasteiger partial charge in [-0.2, -0.15) is 5.10 Å². The van der Waals surface area contributed by atoms with Crippen molar-refractivity contribution in [2.24, 2.45) is 0 Å². The zero-order chi connectivity index (χ0) is 17.9. The summed E-state index contributed by atoms with van der Waals surface area (Å²) in [6.45, 7) is 3.64. The largest absolute Gasteiger partial charge is 0.338 e. The van der Waals surface area contributed by atoms with Crippen LogP contribution >= 0.6 is 0 Å². The van der Waals surface area contributed by atoms with E-state index in [0.717, 1.165) is 42.8 Å². The van der Waals surface area contributed by atoms with Crippen LogP contribution in [0, 0.1) is 6.92 Å². The molecule has 26 heavy (non-hydrogen) atoms. The van der Waals surface area contributed by atoms with Gasteiger partial charge >= 0.3 is 0 Å². The Kier molecular flexibility index (Phi) is 4.57. The third kappa shape index (κ3) is 3.27. The van der Waals surface area contributed by atoms with Gasteiger partial charge in [-0.15, -0.1) is 0 Å². The van der Waals surface area contributed by atoms with Gasteiger partial charge in [-0.1, -0.05) is 48.0 Å². The van der Waals surface area contributed by atoms with E-state index in [-0.39, 0.29) is 11.8 Å². The molecule has 0 unspecified atom stereocenters. The summed E-state index contributed by atoms with van der Waals surface area (Å²) in [7, 11) is 0. The van der Waals surface area contributed by atoms with Gasteiger partial charge in [0.15, 0.2) is 0 Å². The number of likely N-dealkylation sites (tertiary alicyclic amines) is 1. The van der Waals surface area contributed by atoms with Crippen LogP contribution in [0.2, 0.25) is 0 Å². The SMILES string of the molecule is Cc1ccc(-c2cn[nH]c2[C@@H]2CCCN(C(=O)c3ccccc3)C2)cc1. The first-order chi connectivity index (χ1) is 12.7. The van der Waals surface area contributed by atoms with Gasteiger partial charge < -0.3 is 4.90 Å². The molecular formula is C22H23N3O. The Hall–Kier alpha value is -2.88. The predicted octanol–water partition coefficient (Wildman–Crippen LogP) is 4.40. The summed E-state index contributed by atoms with van der Waals surface area (Å²) in [6.07, 6.45) is 3.98. The number of carbonyl (C=O) groups excluding carboxylic acids is 1. The Bertz CT molecular complexity index is 883. The van der Waals surface area contributed by atoms with E-state index < -0.39 is 0 Å². The van der Waals surface area contributed by atoms with Crippen molar-refractivity contribution >= 4 is 5.91 Å². The molecule has 4 rings (SSSR count). The summed E-state index contributed by atoms with van der Waals surface area (Å²) in [4.78, 5) is 14.8. The van der Waals surface area contributed by atoms with Gasteiger partial charge in [-0.25, -0.2) is 0 Å². The normalized spacial score (nSPS) is 17.3. The highest BCUT2D eigenvalue weighted by molar-refractivity contribution is 5.94. The Morgan fingerprint density at radius 1 is 1.12 bits per heavy atom. The number of hydrogen-bond donors (Lipinski definition) is 1. The van der Waals surface area contributed by atoms with Crippen molar-refractivity contribution < 1.29 is 4.79 Å². The summed E-state index contributed by atoms with van der Waals surface area (Å²) in [6, 6.07) is 18.1. The molecule has 2 aromatic carbocycles. The third-order valence-corrected chi connectivity index (χ3v) is 5.17. The molecule has 4 nitrogen and oxygen atoms in total. The minimum absolute atomic E-state index is 0.117. The van der Waals surface area contributed by atoms with Crippen molar-refractivity contribution in [2.75, 3.05) is 13.1 Å². The first-order valence-corrected chi connectivity index (χ1v) is 9.17. The molecule has 4 heteroatoms. The molecule has 1 fully saturated rings. The molecule has 1 N–H and O–H groups in total. The van der Waals surface area contributed by atoms with Gasteiger partial charge in [0, 0.05) is 35.8 Å². The Balaban J connectivity index is 1.57. The minimum atomic E-state index is 0.117. The summed E-state index contributed by atoms with van der Waals surface area (Å²) < 4.78 is 0. The lowest BCUT2D eigenvalue weighted by Crippen LogP contribution is -2.39. The van der Waals surface area contributed by atoms with Crippen molar-refractivity contribution in [1.29, 1.82) is 0 Å². The van der Waals surface area contributed by atoms with Gasteiger partial charge in [-0.05, 0) is 37.5 Å². The van der Waals surface area contributed by atoms with Crippen molar-refractivity contribution in [3.05, 3.63) is 77.6 Å². The highest BCUT2D eigenvalue weighted by Crippen LogP contribution is 2.33. The fourth-order valence-electron chi connectivity index (χ4n) is 3.73. The standard InChI is InChI=1S/C22H23N3O/c1-16-9-11-17(12-10-16)20-14-23-24-21(20)19-8-5-13-25(15-19)22(26)18-6-3-2-4-7-18/h2-4,6-7,9-12,14,19H,5,8,13,15H2,1H3,(H,23,24)/t19-/m1/s1. The lowest BCUT2D eigenvalue weighted by atomic mass is 9.90. The molecule has 0 bridgehead atoms. The fraction of sp³-hybridized carbons (Fsp3) is 0.273. The van der Waals surface area contributed by atoms with Crippen LogP contribution in [0.25, 0.3) is 11.1 Å². The lowest BCUT2D eigenvalue weighted by molar-refractivity contribution is 0.0706. The van der Waals surface area contributed by atoms with E-state index in [4.69, 9.17) is 0 Å². The zero-order valence-electron chi connectivity index (χ0n) is 15.0. The number of aromatic amines is 1. The molecule has 0 aliphatic carbocycles. The number of H-pyrrole nitrogens is 1. The quantitative estimate of drug-likeness (QED) is 0.764. The number of amides is 1. The molecule has 1 atom stereocenters. The van der Waals surface area contributed by atoms with Crippen LogP contribution in [-0.2, 0) is 0 Å². The van der Waals surface area contributed by atoms with E-state index in [1.807, 2.05) is 41.4 Å². The number of rotatable bonds is 3. The molecule has 1 aliphatic heterocycles. The highest BCUT2D eigenvalue weighted by atomic mass is 16.2. The molecule has 2 heterocycles. The van der Waals surface area contributed by atoms with Crippen molar-refractivity contribution in [3.63, 3.8) is 0 Å². The smallest absolute Gasteiger partial charge is 0.253 e. The van der Waals surface area contributed by atoms with Crippen LogP contribution in [-0.4, -0.2) is 34.1 Å². The number of nitrogens with zero attached hydrogens (tertiary/aromatic N) is 2. The number of hydrogen-bond acceptors (Lipinski definition) is 2. The zero-order valence-corrected chi connectivity index (χ0v) is 15.0. The van der Waals surface area contributed by atoms with Crippen molar-refractivity contribution in [2.45, 2.75) is 25.7 Å². The van der Waals surface area contributed by atoms with Crippen LogP contribution in [0.5, 0.6) is 0 Å². The summed E-state index contributed by atoms with van der Waals surface area (Å²) in [5.41, 5.74) is 5.46. The molecular weight excluding hydrogens is 322 g/mol. The van der Waals surface area contributed by atoms with Crippen LogP contribution in [0.3, 0.4) is 0 Å². The van der Waals surface area contributed by atoms with E-state index in [0.29, 0.717) is 0 Å². The first kappa shape index (κ1) is 16.6. The van der Waals surface area contributed by atoms with E-state index in [1.165, 1.54) is 11.1 Å². The molecule has 1 saturated heterocycles. The molecule has 0 spiro atoms. The van der Waals surface area contributed by atoms with E-state index >= 15 is 0 Å². The van der Waals surface area contributed by atoms with Gasteiger partial charge in [0.2, 0.25) is 0 Å². The average molecular weight is 345 g/mol. The molecule has 0 radical (unpaired) electrons. The molecule has 3 aromatic rings. The maximum atomic E-state index is 12.8. The maximum absolute atomic E-state index is 12.8. The Labute approximate surface area is 153 Å². The predicted molar refractivity (Wildman–Crippen MR) is 103 cm³/mol. The van der Waals surface area contributed by atoms with Gasteiger partial charge in [0.25, 0.3) is 5.91 Å². The first-order valence-electron chi connectivity index (χ1n) is 9.17. The van der Waals surface area contributed by atoms with Crippen molar-refractivity contribution in [3.8, 4) is 11.1 Å². The monoisotopic (exact) mass is 345 g/mol. The molecule has 0 saturated carbocycles. The average Bonchev–Trinajstić information content (AvgIpc) is 3.19. The van der Waals surface area contributed by atoms with Crippen LogP contribution in [0.15, 0.2) is 60.8 Å². The second-order valence-corrected chi connectivity index (χ2v) is 7.02. The lowest BCUT2D eigenvalue weighted by Gasteiger charge is -2.33. The van der Waals surface area contributed by atoms with Gasteiger partial charge in [-0.3, -0.25) is 9.89 Å². The second kappa shape index (κ2) is 7.16. The van der Waals surface area contributed by atoms with E-state index in [9.17, 15) is 4.79 Å². The van der Waals surface area contributed by atoms with Gasteiger partial charge in [0.05, 0.1) is 6.20 Å². The highest BCUT2D eigenvalue weighted by Gasteiger charge is 2.28. The molecule has 132 valence electrons. The number of benzene rings is 2. The van der Waals surface area contributed by atoms with E-state index in [1.54, 1.807) is 0 Å². The van der Waals surface area contributed by atoms with Crippen LogP contribution in [0.1, 0.15) is 40.4 Å². The van der Waals surface area contributed by atoms with Crippen molar-refractivity contribution in [1.82, 2.24) is 15.1 Å². The molecule has 1 amide bonds. The maximum Gasteiger partial charge on any atom is 0.253 e. The molecule has 1 aromatic heterocycles. The Morgan fingerprint density at radius 2 is 1.88 bits per heavy atom. The number of aromatic nitrogens is 2. The number of nitrogens with one attached hydrogen (secondary N) is 1. The van der Waals surface area contributed by atoms with Crippen LogP contribution in [0.4, 0.5) is 0 Å². The molecule has 1 aliphatic rings. The topological polar surface area (TPSA) is 49.0 Å². The summed E-state index contributed by atoms with van der Waals surface area (Å²) >= 11 is 0. The number of aryl methyl sites for hydroxylation is 1. The second-order valence-electron chi connectivity index (χ2n) is 7.02.